The summed E-state index contributed by atoms with van der Waals surface area (Å²) in [7, 11) is -1.32. The first kappa shape index (κ1) is 17.1. The van der Waals surface area contributed by atoms with Crippen molar-refractivity contribution in [3.8, 4) is 0 Å². The highest BCUT2D eigenvalue weighted by molar-refractivity contribution is 7.91. The standard InChI is InChI=1S/C13H22N2O3S2/c1-10-4-5-12(19-10)11(2)15(3)7-9-20(17,18)8-6-13(14)16/h4-5,11H,6-9H2,1-3H3,(H2,14,16). The zero-order chi connectivity index (χ0) is 15.3. The molecule has 0 spiro atoms. The third-order valence-corrected chi connectivity index (χ3v) is 6.05. The fourth-order valence-electron chi connectivity index (χ4n) is 1.73. The molecule has 0 aliphatic carbocycles. The number of primary amides is 1. The van der Waals surface area contributed by atoms with Crippen LogP contribution >= 0.6 is 11.3 Å². The fourth-order valence-corrected chi connectivity index (χ4v) is 4.01. The van der Waals surface area contributed by atoms with Gasteiger partial charge in [-0.2, -0.15) is 0 Å². The molecule has 1 atom stereocenters. The van der Waals surface area contributed by atoms with Gasteiger partial charge in [0, 0.05) is 28.8 Å². The van der Waals surface area contributed by atoms with Crippen LogP contribution in [-0.2, 0) is 14.6 Å². The molecule has 2 N–H and O–H groups in total. The second-order valence-corrected chi connectivity index (χ2v) is 8.60. The van der Waals surface area contributed by atoms with Gasteiger partial charge in [-0.15, -0.1) is 11.3 Å². The molecule has 0 saturated heterocycles. The predicted molar refractivity (Wildman–Crippen MR) is 82.6 cm³/mol. The minimum atomic E-state index is -3.22. The third kappa shape index (κ3) is 5.60. The topological polar surface area (TPSA) is 80.5 Å². The molecule has 1 rings (SSSR count). The van der Waals surface area contributed by atoms with Gasteiger partial charge >= 0.3 is 0 Å². The number of hydrogen-bond donors (Lipinski definition) is 1. The SMILES string of the molecule is Cc1ccc(C(C)N(C)CCS(=O)(=O)CCC(N)=O)s1. The lowest BCUT2D eigenvalue weighted by Gasteiger charge is -2.23. The lowest BCUT2D eigenvalue weighted by atomic mass is 10.2. The Bertz CT molecular complexity index is 552. The Morgan fingerprint density at radius 1 is 1.40 bits per heavy atom. The van der Waals surface area contributed by atoms with Gasteiger partial charge in [0.2, 0.25) is 5.91 Å². The third-order valence-electron chi connectivity index (χ3n) is 3.25. The Labute approximate surface area is 124 Å². The first-order chi connectivity index (χ1) is 9.21. The molecule has 1 aromatic rings. The molecule has 0 fully saturated rings. The molecule has 0 bridgehead atoms. The number of thiophene rings is 1. The van der Waals surface area contributed by atoms with E-state index in [2.05, 4.69) is 26.0 Å². The minimum absolute atomic E-state index is 0.0471. The summed E-state index contributed by atoms with van der Waals surface area (Å²) in [6.45, 7) is 4.55. The largest absolute Gasteiger partial charge is 0.370 e. The minimum Gasteiger partial charge on any atom is -0.370 e. The maximum Gasteiger partial charge on any atom is 0.218 e. The van der Waals surface area contributed by atoms with Crippen molar-refractivity contribution in [1.82, 2.24) is 4.90 Å². The summed E-state index contributed by atoms with van der Waals surface area (Å²) in [4.78, 5) is 15.1. The van der Waals surface area contributed by atoms with Crippen LogP contribution in [0.1, 0.15) is 29.1 Å². The van der Waals surface area contributed by atoms with Crippen molar-refractivity contribution < 1.29 is 13.2 Å². The van der Waals surface area contributed by atoms with Crippen LogP contribution in [0.4, 0.5) is 0 Å². The van der Waals surface area contributed by atoms with E-state index in [-0.39, 0.29) is 24.0 Å². The number of sulfone groups is 1. The van der Waals surface area contributed by atoms with Crippen molar-refractivity contribution in [3.05, 3.63) is 21.9 Å². The molecule has 0 aliphatic heterocycles. The summed E-state index contributed by atoms with van der Waals surface area (Å²) >= 11 is 1.72. The first-order valence-electron chi connectivity index (χ1n) is 6.46. The summed E-state index contributed by atoms with van der Waals surface area (Å²) < 4.78 is 23.5. The van der Waals surface area contributed by atoms with Crippen molar-refractivity contribution in [2.24, 2.45) is 5.73 Å². The summed E-state index contributed by atoms with van der Waals surface area (Å²) in [5.74, 6) is -0.696. The highest BCUT2D eigenvalue weighted by atomic mass is 32.2. The summed E-state index contributed by atoms with van der Waals surface area (Å²) in [6.07, 6.45) is -0.105. The van der Waals surface area contributed by atoms with E-state index in [4.69, 9.17) is 5.73 Å². The zero-order valence-electron chi connectivity index (χ0n) is 12.1. The van der Waals surface area contributed by atoms with E-state index in [1.807, 2.05) is 11.9 Å². The summed E-state index contributed by atoms with van der Waals surface area (Å²) in [5.41, 5.74) is 4.97. The first-order valence-corrected chi connectivity index (χ1v) is 9.10. The van der Waals surface area contributed by atoms with E-state index in [1.165, 1.54) is 9.75 Å². The van der Waals surface area contributed by atoms with E-state index < -0.39 is 15.7 Å². The van der Waals surface area contributed by atoms with E-state index in [0.29, 0.717) is 6.54 Å². The molecule has 1 amide bonds. The predicted octanol–water partition coefficient (Wildman–Crippen LogP) is 1.34. The molecule has 0 aliphatic rings. The van der Waals surface area contributed by atoms with Gasteiger partial charge in [-0.25, -0.2) is 8.42 Å². The Morgan fingerprint density at radius 3 is 2.55 bits per heavy atom. The Balaban J connectivity index is 2.50. The van der Waals surface area contributed by atoms with Crippen LogP contribution in [-0.4, -0.2) is 44.3 Å². The average Bonchev–Trinajstić information content (AvgIpc) is 2.79. The smallest absolute Gasteiger partial charge is 0.218 e. The Morgan fingerprint density at radius 2 is 2.05 bits per heavy atom. The second-order valence-electron chi connectivity index (χ2n) is 4.97. The van der Waals surface area contributed by atoms with Crippen molar-refractivity contribution in [2.45, 2.75) is 26.3 Å². The van der Waals surface area contributed by atoms with Gasteiger partial charge in [0.1, 0.15) is 0 Å². The van der Waals surface area contributed by atoms with E-state index in [9.17, 15) is 13.2 Å². The maximum absolute atomic E-state index is 11.8. The molecule has 0 aromatic carbocycles. The number of carbonyl (C=O) groups excluding carboxylic acids is 1. The molecule has 7 heteroatoms. The molecule has 1 unspecified atom stereocenters. The van der Waals surface area contributed by atoms with Crippen LogP contribution in [0.25, 0.3) is 0 Å². The van der Waals surface area contributed by atoms with Crippen LogP contribution in [0.2, 0.25) is 0 Å². The number of aryl methyl sites for hydroxylation is 1. The molecular weight excluding hydrogens is 296 g/mol. The van der Waals surface area contributed by atoms with Crippen molar-refractivity contribution in [3.63, 3.8) is 0 Å². The van der Waals surface area contributed by atoms with Crippen molar-refractivity contribution in [2.75, 3.05) is 25.1 Å². The number of amides is 1. The fraction of sp³-hybridized carbons (Fsp3) is 0.615. The Kier molecular flexibility index (Phi) is 6.16. The van der Waals surface area contributed by atoms with Gasteiger partial charge in [-0.1, -0.05) is 0 Å². The molecule has 0 radical (unpaired) electrons. The number of nitrogens with zero attached hydrogens (tertiary/aromatic N) is 1. The lowest BCUT2D eigenvalue weighted by molar-refractivity contribution is -0.117. The summed E-state index contributed by atoms with van der Waals surface area (Å²) in [5, 5.41) is 0. The number of rotatable bonds is 8. The van der Waals surface area contributed by atoms with Crippen molar-refractivity contribution in [1.29, 1.82) is 0 Å². The zero-order valence-corrected chi connectivity index (χ0v) is 13.8. The van der Waals surface area contributed by atoms with E-state index in [1.54, 1.807) is 11.3 Å². The van der Waals surface area contributed by atoms with Gasteiger partial charge in [0.05, 0.1) is 11.5 Å². The van der Waals surface area contributed by atoms with Crippen LogP contribution in [0.5, 0.6) is 0 Å². The Hall–Kier alpha value is -0.920. The molecule has 1 aromatic heterocycles. The maximum atomic E-state index is 11.8. The van der Waals surface area contributed by atoms with Crippen molar-refractivity contribution >= 4 is 27.1 Å². The number of nitrogens with two attached hydrogens (primary N) is 1. The average molecular weight is 318 g/mol. The molecule has 1 heterocycles. The molecule has 5 nitrogen and oxygen atoms in total. The van der Waals surface area contributed by atoms with Gasteiger partial charge in [-0.05, 0) is 33.0 Å². The van der Waals surface area contributed by atoms with Crippen LogP contribution in [0.3, 0.4) is 0 Å². The number of carbonyl (C=O) groups is 1. The number of hydrogen-bond acceptors (Lipinski definition) is 5. The van der Waals surface area contributed by atoms with Crippen LogP contribution in [0, 0.1) is 6.92 Å². The molecular formula is C13H22N2O3S2. The quantitative estimate of drug-likeness (QED) is 0.784. The van der Waals surface area contributed by atoms with Crippen LogP contribution in [0.15, 0.2) is 12.1 Å². The highest BCUT2D eigenvalue weighted by Crippen LogP contribution is 2.26. The summed E-state index contributed by atoms with van der Waals surface area (Å²) in [6, 6.07) is 4.32. The second kappa shape index (κ2) is 7.19. The van der Waals surface area contributed by atoms with Gasteiger partial charge in [0.25, 0.3) is 0 Å². The van der Waals surface area contributed by atoms with Gasteiger partial charge in [0.15, 0.2) is 9.84 Å². The van der Waals surface area contributed by atoms with E-state index >= 15 is 0 Å². The lowest BCUT2D eigenvalue weighted by Crippen LogP contribution is -2.29. The van der Waals surface area contributed by atoms with Gasteiger partial charge < -0.3 is 5.73 Å². The monoisotopic (exact) mass is 318 g/mol. The molecule has 20 heavy (non-hydrogen) atoms. The normalized spacial score (nSPS) is 13.6. The highest BCUT2D eigenvalue weighted by Gasteiger charge is 2.17. The van der Waals surface area contributed by atoms with Gasteiger partial charge in [-0.3, -0.25) is 9.69 Å². The molecule has 114 valence electrons. The molecule has 0 saturated carbocycles. The van der Waals surface area contributed by atoms with Crippen LogP contribution < -0.4 is 5.73 Å². The van der Waals surface area contributed by atoms with E-state index in [0.717, 1.165) is 0 Å².